The maximum Gasteiger partial charge on any atom is 0.408 e. The van der Waals surface area contributed by atoms with Crippen LogP contribution in [0.4, 0.5) is 4.79 Å². The molecule has 10 nitrogen and oxygen atoms in total. The van der Waals surface area contributed by atoms with Crippen LogP contribution >= 0.6 is 0 Å². The largest absolute Gasteiger partial charge is 0.480 e. The topological polar surface area (TPSA) is 139 Å². The van der Waals surface area contributed by atoms with Gasteiger partial charge in [0.15, 0.2) is 0 Å². The Hall–Kier alpha value is -3.44. The van der Waals surface area contributed by atoms with Crippen LogP contribution in [0.2, 0.25) is 0 Å². The Morgan fingerprint density at radius 2 is 1.57 bits per heavy atom. The molecule has 2 aromatic rings. The van der Waals surface area contributed by atoms with Gasteiger partial charge in [-0.05, 0) is 59.2 Å². The molecule has 1 amide bonds. The molecule has 1 fully saturated rings. The summed E-state index contributed by atoms with van der Waals surface area (Å²) in [5.41, 5.74) is 1.61. The van der Waals surface area contributed by atoms with Gasteiger partial charge < -0.3 is 19.9 Å². The van der Waals surface area contributed by atoms with Gasteiger partial charge in [0, 0.05) is 18.4 Å². The van der Waals surface area contributed by atoms with Crippen LogP contribution in [0, 0.1) is 25.7 Å². The lowest BCUT2D eigenvalue weighted by Crippen LogP contribution is -2.44. The minimum absolute atomic E-state index is 0.0631. The average Bonchev–Trinajstić information content (AvgIpc) is 3.22. The Balaban J connectivity index is 2.15. The average molecular weight is 575 g/mol. The summed E-state index contributed by atoms with van der Waals surface area (Å²) in [4.78, 5) is 38.3. The number of carboxylic acid groups (broad SMARTS) is 1. The highest BCUT2D eigenvalue weighted by atomic mass is 32.2. The molecule has 0 spiro atoms. The summed E-state index contributed by atoms with van der Waals surface area (Å²) < 4.78 is 39.2. The number of aryl methyl sites for hydroxylation is 2. The zero-order valence-electron chi connectivity index (χ0n) is 23.7. The molecule has 1 heterocycles. The SMILES string of the molecule is CCOC(=O)C[C@@H]1[C@@H](C(NC(=O)OC(C)(C)C)c2ccc(C)cc2)CN(S(=O)(=O)c2ccc(C)cc2)[C@@H]1C(=O)O. The van der Waals surface area contributed by atoms with Crippen molar-refractivity contribution in [3.8, 4) is 0 Å². The van der Waals surface area contributed by atoms with E-state index in [-0.39, 0.29) is 24.5 Å². The molecule has 1 saturated heterocycles. The number of alkyl carbamates (subject to hydrolysis) is 1. The third kappa shape index (κ3) is 7.39. The number of carbonyl (C=O) groups excluding carboxylic acids is 2. The quantitative estimate of drug-likeness (QED) is 0.425. The molecular weight excluding hydrogens is 536 g/mol. The van der Waals surface area contributed by atoms with E-state index in [9.17, 15) is 27.9 Å². The zero-order chi connectivity index (χ0) is 29.8. The van der Waals surface area contributed by atoms with Crippen LogP contribution in [0.3, 0.4) is 0 Å². The van der Waals surface area contributed by atoms with Crippen molar-refractivity contribution in [2.45, 2.75) is 70.5 Å². The second kappa shape index (κ2) is 12.4. The van der Waals surface area contributed by atoms with E-state index in [2.05, 4.69) is 5.32 Å². The number of ether oxygens (including phenoxy) is 2. The number of hydrogen-bond donors (Lipinski definition) is 2. The van der Waals surface area contributed by atoms with E-state index in [0.29, 0.717) is 5.56 Å². The Morgan fingerprint density at radius 1 is 1.02 bits per heavy atom. The van der Waals surface area contributed by atoms with E-state index in [0.717, 1.165) is 15.4 Å². The lowest BCUT2D eigenvalue weighted by atomic mass is 9.80. The van der Waals surface area contributed by atoms with Crippen molar-refractivity contribution < 1.29 is 37.4 Å². The van der Waals surface area contributed by atoms with Crippen LogP contribution in [-0.2, 0) is 29.1 Å². The molecule has 40 heavy (non-hydrogen) atoms. The maximum atomic E-state index is 13.8. The fourth-order valence-electron chi connectivity index (χ4n) is 4.98. The molecule has 4 atom stereocenters. The lowest BCUT2D eigenvalue weighted by molar-refractivity contribution is -0.146. The fourth-order valence-corrected chi connectivity index (χ4v) is 6.64. The van der Waals surface area contributed by atoms with Gasteiger partial charge >= 0.3 is 18.0 Å². The first kappa shape index (κ1) is 31.1. The Labute approximate surface area is 235 Å². The molecule has 0 saturated carbocycles. The number of carboxylic acids is 1. The Kier molecular flexibility index (Phi) is 9.63. The molecule has 0 radical (unpaired) electrons. The molecule has 2 aromatic carbocycles. The second-order valence-electron chi connectivity index (χ2n) is 11.0. The van der Waals surface area contributed by atoms with Crippen molar-refractivity contribution in [1.29, 1.82) is 0 Å². The normalized spacial score (nSPS) is 20.5. The van der Waals surface area contributed by atoms with Crippen LogP contribution < -0.4 is 5.32 Å². The molecule has 2 N–H and O–H groups in total. The molecule has 218 valence electrons. The minimum atomic E-state index is -4.29. The van der Waals surface area contributed by atoms with Crippen molar-refractivity contribution in [2.24, 2.45) is 11.8 Å². The summed E-state index contributed by atoms with van der Waals surface area (Å²) in [6.45, 7) is 10.3. The number of benzene rings is 2. The number of nitrogens with zero attached hydrogens (tertiary/aromatic N) is 1. The Bertz CT molecular complexity index is 1320. The monoisotopic (exact) mass is 574 g/mol. The van der Waals surface area contributed by atoms with Gasteiger partial charge in [0.1, 0.15) is 11.6 Å². The van der Waals surface area contributed by atoms with Gasteiger partial charge in [0.05, 0.1) is 24.0 Å². The molecular formula is C29H38N2O8S. The van der Waals surface area contributed by atoms with Crippen LogP contribution in [0.25, 0.3) is 0 Å². The minimum Gasteiger partial charge on any atom is -0.480 e. The number of sulfonamides is 1. The van der Waals surface area contributed by atoms with Crippen LogP contribution in [0.5, 0.6) is 0 Å². The lowest BCUT2D eigenvalue weighted by Gasteiger charge is -2.31. The van der Waals surface area contributed by atoms with Crippen molar-refractivity contribution in [3.63, 3.8) is 0 Å². The van der Waals surface area contributed by atoms with Crippen molar-refractivity contribution in [1.82, 2.24) is 9.62 Å². The predicted octanol–water partition coefficient (Wildman–Crippen LogP) is 4.21. The molecule has 1 aliphatic rings. The summed E-state index contributed by atoms with van der Waals surface area (Å²) in [6, 6.07) is 10.9. The Morgan fingerprint density at radius 3 is 2.08 bits per heavy atom. The highest BCUT2D eigenvalue weighted by Gasteiger charge is 2.54. The van der Waals surface area contributed by atoms with Crippen molar-refractivity contribution in [3.05, 3.63) is 65.2 Å². The molecule has 1 aliphatic heterocycles. The van der Waals surface area contributed by atoms with E-state index in [1.807, 2.05) is 26.0 Å². The fraction of sp³-hybridized carbons (Fsp3) is 0.483. The first-order valence-electron chi connectivity index (χ1n) is 13.2. The molecule has 1 unspecified atom stereocenters. The van der Waals surface area contributed by atoms with Crippen molar-refractivity contribution >= 4 is 28.1 Å². The van der Waals surface area contributed by atoms with Crippen LogP contribution in [0.15, 0.2) is 53.4 Å². The van der Waals surface area contributed by atoms with E-state index in [1.165, 1.54) is 12.1 Å². The van der Waals surface area contributed by atoms with Gasteiger partial charge in [0.25, 0.3) is 0 Å². The summed E-state index contributed by atoms with van der Waals surface area (Å²) >= 11 is 0. The smallest absolute Gasteiger partial charge is 0.408 e. The molecule has 0 aliphatic carbocycles. The van der Waals surface area contributed by atoms with Gasteiger partial charge in [-0.2, -0.15) is 4.31 Å². The summed E-state index contributed by atoms with van der Waals surface area (Å²) in [6.07, 6.45) is -1.10. The standard InChI is InChI=1S/C29H38N2O8S/c1-7-38-24(32)16-22-23(25(20-12-8-18(2)9-13-20)30-28(35)39-29(4,5)6)17-31(26(22)27(33)34)40(36,37)21-14-10-19(3)11-15-21/h8-15,22-23,25-26H,7,16-17H2,1-6H3,(H,30,35)(H,33,34)/t22-,23+,25?,26+/m1/s1. The van der Waals surface area contributed by atoms with E-state index < -0.39 is 57.6 Å². The number of aliphatic carboxylic acids is 1. The number of esters is 1. The number of hydrogen-bond acceptors (Lipinski definition) is 7. The highest BCUT2D eigenvalue weighted by Crippen LogP contribution is 2.43. The summed E-state index contributed by atoms with van der Waals surface area (Å²) in [5, 5.41) is 13.2. The molecule has 0 aromatic heterocycles. The number of carbonyl (C=O) groups is 3. The maximum absolute atomic E-state index is 13.8. The first-order chi connectivity index (χ1) is 18.6. The number of rotatable bonds is 9. The van der Waals surface area contributed by atoms with Gasteiger partial charge in [-0.3, -0.25) is 9.59 Å². The summed E-state index contributed by atoms with van der Waals surface area (Å²) in [7, 11) is -4.29. The van der Waals surface area contributed by atoms with Gasteiger partial charge in [0.2, 0.25) is 10.0 Å². The van der Waals surface area contributed by atoms with E-state index in [4.69, 9.17) is 9.47 Å². The highest BCUT2D eigenvalue weighted by molar-refractivity contribution is 7.89. The number of nitrogens with one attached hydrogen (secondary N) is 1. The van der Waals surface area contributed by atoms with Crippen molar-refractivity contribution in [2.75, 3.05) is 13.2 Å². The van der Waals surface area contributed by atoms with Gasteiger partial charge in [-0.25, -0.2) is 13.2 Å². The van der Waals surface area contributed by atoms with Crippen LogP contribution in [-0.4, -0.2) is 60.7 Å². The molecule has 11 heteroatoms. The number of amides is 1. The third-order valence-electron chi connectivity index (χ3n) is 6.78. The predicted molar refractivity (Wildman–Crippen MR) is 148 cm³/mol. The summed E-state index contributed by atoms with van der Waals surface area (Å²) in [5.74, 6) is -3.87. The van der Waals surface area contributed by atoms with Gasteiger partial charge in [-0.1, -0.05) is 47.5 Å². The zero-order valence-corrected chi connectivity index (χ0v) is 24.5. The molecule has 0 bridgehead atoms. The van der Waals surface area contributed by atoms with Gasteiger partial charge in [-0.15, -0.1) is 0 Å². The van der Waals surface area contributed by atoms with E-state index in [1.54, 1.807) is 52.0 Å². The first-order valence-corrected chi connectivity index (χ1v) is 14.6. The second-order valence-corrected chi connectivity index (χ2v) is 12.9. The molecule has 3 rings (SSSR count). The van der Waals surface area contributed by atoms with E-state index >= 15 is 0 Å². The van der Waals surface area contributed by atoms with Crippen LogP contribution in [0.1, 0.15) is 56.8 Å². The third-order valence-corrected chi connectivity index (χ3v) is 8.64.